The van der Waals surface area contributed by atoms with Gasteiger partial charge in [0, 0.05) is 6.54 Å². The first kappa shape index (κ1) is 13.0. The Morgan fingerprint density at radius 3 is 2.47 bits per heavy atom. The summed E-state index contributed by atoms with van der Waals surface area (Å²) in [5, 5.41) is 7.25. The van der Waals surface area contributed by atoms with Gasteiger partial charge in [0.25, 0.3) is 0 Å². The van der Waals surface area contributed by atoms with E-state index in [4.69, 9.17) is 5.73 Å². The van der Waals surface area contributed by atoms with Crippen LogP contribution in [0.3, 0.4) is 0 Å². The van der Waals surface area contributed by atoms with E-state index < -0.39 is 0 Å². The lowest BCUT2D eigenvalue weighted by atomic mass is 10.3. The smallest absolute Gasteiger partial charge is 0.244 e. The number of rotatable bonds is 3. The van der Waals surface area contributed by atoms with Crippen molar-refractivity contribution in [2.75, 3.05) is 17.6 Å². The molecule has 0 aliphatic rings. The maximum absolute atomic E-state index is 5.75. The molecule has 1 aromatic carbocycles. The predicted molar refractivity (Wildman–Crippen MR) is 71.3 cm³/mol. The number of aromatic nitrogens is 3. The van der Waals surface area contributed by atoms with E-state index in [2.05, 4.69) is 15.4 Å². The minimum Gasteiger partial charge on any atom is -0.368 e. The number of hydrogen-bond donors (Lipinski definition) is 2. The second-order valence-electron chi connectivity index (χ2n) is 3.07. The molecule has 2 aromatic rings. The van der Waals surface area contributed by atoms with Crippen LogP contribution in [0.25, 0.3) is 5.69 Å². The molecule has 0 spiro atoms. The number of nitrogens with two attached hydrogens (primary N) is 1. The van der Waals surface area contributed by atoms with Crippen LogP contribution in [0.2, 0.25) is 0 Å². The lowest BCUT2D eigenvalue weighted by molar-refractivity contribution is 0.889. The minimum absolute atomic E-state index is 0.386. The van der Waals surface area contributed by atoms with Crippen LogP contribution in [0, 0.1) is 0 Å². The molecule has 0 radical (unpaired) electrons. The number of nitrogen functional groups attached to an aromatic ring is 1. The first-order valence-corrected chi connectivity index (χ1v) is 5.83. The van der Waals surface area contributed by atoms with Gasteiger partial charge in [-0.3, -0.25) is 0 Å². The van der Waals surface area contributed by atoms with E-state index in [1.54, 1.807) is 4.68 Å². The molecular formula is C12H19N5. The SMILES string of the molecule is CC.CCNc1nc(N)n(-c2ccccc2)n1. The molecule has 0 unspecified atom stereocenters. The van der Waals surface area contributed by atoms with Gasteiger partial charge in [0.15, 0.2) is 0 Å². The van der Waals surface area contributed by atoms with E-state index in [1.165, 1.54) is 0 Å². The standard InChI is InChI=1S/C10H13N5.C2H6/c1-2-12-10-13-9(11)15(14-10)8-6-4-3-5-7-8;1-2/h3-7H,2H2,1H3,(H3,11,12,13,14);1-2H3. The van der Waals surface area contributed by atoms with Gasteiger partial charge in [-0.25, -0.2) is 0 Å². The van der Waals surface area contributed by atoms with Crippen molar-refractivity contribution in [1.82, 2.24) is 14.8 Å². The zero-order valence-electron chi connectivity index (χ0n) is 10.5. The average Bonchev–Trinajstić information content (AvgIpc) is 2.74. The highest BCUT2D eigenvalue weighted by molar-refractivity contribution is 5.41. The highest BCUT2D eigenvalue weighted by atomic mass is 15.4. The monoisotopic (exact) mass is 233 g/mol. The molecular weight excluding hydrogens is 214 g/mol. The molecule has 1 aromatic heterocycles. The molecule has 0 aliphatic heterocycles. The second kappa shape index (κ2) is 6.52. The molecule has 0 saturated heterocycles. The summed E-state index contributed by atoms with van der Waals surface area (Å²) in [5.74, 6) is 0.941. The summed E-state index contributed by atoms with van der Waals surface area (Å²) in [6.45, 7) is 6.76. The molecule has 0 aliphatic carbocycles. The number of para-hydroxylation sites is 1. The van der Waals surface area contributed by atoms with Gasteiger partial charge in [-0.2, -0.15) is 9.67 Å². The summed E-state index contributed by atoms with van der Waals surface area (Å²) in [6, 6.07) is 9.68. The van der Waals surface area contributed by atoms with Gasteiger partial charge in [0.05, 0.1) is 5.69 Å². The van der Waals surface area contributed by atoms with Crippen molar-refractivity contribution in [3.63, 3.8) is 0 Å². The van der Waals surface area contributed by atoms with E-state index in [-0.39, 0.29) is 0 Å². The minimum atomic E-state index is 0.386. The predicted octanol–water partition coefficient (Wildman–Crippen LogP) is 2.31. The summed E-state index contributed by atoms with van der Waals surface area (Å²) < 4.78 is 1.61. The molecule has 92 valence electrons. The van der Waals surface area contributed by atoms with Crippen molar-refractivity contribution >= 4 is 11.9 Å². The Morgan fingerprint density at radius 2 is 1.88 bits per heavy atom. The highest BCUT2D eigenvalue weighted by Crippen LogP contribution is 2.12. The lowest BCUT2D eigenvalue weighted by Crippen LogP contribution is -2.02. The van der Waals surface area contributed by atoms with Crippen LogP contribution in [0.15, 0.2) is 30.3 Å². The van der Waals surface area contributed by atoms with Gasteiger partial charge >= 0.3 is 0 Å². The van der Waals surface area contributed by atoms with Crippen LogP contribution in [0.1, 0.15) is 20.8 Å². The fraction of sp³-hybridized carbons (Fsp3) is 0.333. The Kier molecular flexibility index (Phi) is 5.00. The van der Waals surface area contributed by atoms with Crippen molar-refractivity contribution in [3.05, 3.63) is 30.3 Å². The van der Waals surface area contributed by atoms with Crippen molar-refractivity contribution in [2.45, 2.75) is 20.8 Å². The quantitative estimate of drug-likeness (QED) is 0.853. The summed E-state index contributed by atoms with van der Waals surface area (Å²) in [4.78, 5) is 4.10. The Bertz CT molecular complexity index is 435. The summed E-state index contributed by atoms with van der Waals surface area (Å²) >= 11 is 0. The maximum atomic E-state index is 5.75. The van der Waals surface area contributed by atoms with E-state index in [9.17, 15) is 0 Å². The number of nitrogens with one attached hydrogen (secondary N) is 1. The van der Waals surface area contributed by atoms with Crippen molar-refractivity contribution in [3.8, 4) is 5.69 Å². The molecule has 5 nitrogen and oxygen atoms in total. The fourth-order valence-corrected chi connectivity index (χ4v) is 1.32. The van der Waals surface area contributed by atoms with Crippen LogP contribution < -0.4 is 11.1 Å². The molecule has 5 heteroatoms. The van der Waals surface area contributed by atoms with Crippen molar-refractivity contribution < 1.29 is 0 Å². The Hall–Kier alpha value is -2.04. The van der Waals surface area contributed by atoms with Gasteiger partial charge in [0.2, 0.25) is 11.9 Å². The first-order valence-electron chi connectivity index (χ1n) is 5.83. The topological polar surface area (TPSA) is 68.8 Å². The molecule has 0 amide bonds. The maximum Gasteiger partial charge on any atom is 0.244 e. The molecule has 1 heterocycles. The van der Waals surface area contributed by atoms with Gasteiger partial charge < -0.3 is 11.1 Å². The van der Waals surface area contributed by atoms with E-state index in [0.29, 0.717) is 11.9 Å². The van der Waals surface area contributed by atoms with E-state index in [0.717, 1.165) is 12.2 Å². The molecule has 2 rings (SSSR count). The van der Waals surface area contributed by atoms with Crippen LogP contribution >= 0.6 is 0 Å². The molecule has 0 fully saturated rings. The molecule has 0 atom stereocenters. The highest BCUT2D eigenvalue weighted by Gasteiger charge is 2.06. The normalized spacial score (nSPS) is 9.35. The Morgan fingerprint density at radius 1 is 1.24 bits per heavy atom. The van der Waals surface area contributed by atoms with Crippen LogP contribution in [-0.4, -0.2) is 21.3 Å². The summed E-state index contributed by atoms with van der Waals surface area (Å²) in [6.07, 6.45) is 0. The van der Waals surface area contributed by atoms with E-state index >= 15 is 0 Å². The van der Waals surface area contributed by atoms with Gasteiger partial charge in [-0.05, 0) is 19.1 Å². The zero-order chi connectivity index (χ0) is 12.7. The fourth-order valence-electron chi connectivity index (χ4n) is 1.32. The zero-order valence-corrected chi connectivity index (χ0v) is 10.5. The van der Waals surface area contributed by atoms with Gasteiger partial charge in [0.1, 0.15) is 0 Å². The van der Waals surface area contributed by atoms with Crippen LogP contribution in [-0.2, 0) is 0 Å². The van der Waals surface area contributed by atoms with E-state index in [1.807, 2.05) is 51.1 Å². The largest absolute Gasteiger partial charge is 0.368 e. The van der Waals surface area contributed by atoms with Crippen LogP contribution in [0.4, 0.5) is 11.9 Å². The molecule has 0 bridgehead atoms. The third-order valence-corrected chi connectivity index (χ3v) is 1.97. The lowest BCUT2D eigenvalue weighted by Gasteiger charge is -2.00. The number of anilines is 2. The van der Waals surface area contributed by atoms with Crippen molar-refractivity contribution in [2.24, 2.45) is 0 Å². The Balaban J connectivity index is 0.000000686. The summed E-state index contributed by atoms with van der Waals surface area (Å²) in [5.41, 5.74) is 6.66. The third kappa shape index (κ3) is 3.21. The number of hydrogen-bond acceptors (Lipinski definition) is 4. The average molecular weight is 233 g/mol. The van der Waals surface area contributed by atoms with Crippen molar-refractivity contribution in [1.29, 1.82) is 0 Å². The van der Waals surface area contributed by atoms with Gasteiger partial charge in [-0.1, -0.05) is 32.0 Å². The third-order valence-electron chi connectivity index (χ3n) is 1.97. The summed E-state index contributed by atoms with van der Waals surface area (Å²) in [7, 11) is 0. The molecule has 17 heavy (non-hydrogen) atoms. The second-order valence-corrected chi connectivity index (χ2v) is 3.07. The number of nitrogens with zero attached hydrogens (tertiary/aromatic N) is 3. The molecule has 3 N–H and O–H groups in total. The molecule has 0 saturated carbocycles. The Labute approximate surface area is 102 Å². The van der Waals surface area contributed by atoms with Crippen LogP contribution in [0.5, 0.6) is 0 Å². The number of benzene rings is 1. The first-order chi connectivity index (χ1) is 8.31. The van der Waals surface area contributed by atoms with Gasteiger partial charge in [-0.15, -0.1) is 5.10 Å².